The van der Waals surface area contributed by atoms with E-state index in [1.807, 2.05) is 39.1 Å². The maximum absolute atomic E-state index is 13.4. The van der Waals surface area contributed by atoms with Crippen LogP contribution >= 0.6 is 11.3 Å². The van der Waals surface area contributed by atoms with Crippen LogP contribution in [-0.4, -0.2) is 37.1 Å². The Balaban J connectivity index is 1.89. The summed E-state index contributed by atoms with van der Waals surface area (Å²) in [4.78, 5) is 29.0. The lowest BCUT2D eigenvalue weighted by molar-refractivity contribution is -0.132. The number of amides is 1. The average molecular weight is 508 g/mol. The summed E-state index contributed by atoms with van der Waals surface area (Å²) >= 11 is 1.43. The number of hydrogen-bond acceptors (Lipinski definition) is 7. The summed E-state index contributed by atoms with van der Waals surface area (Å²) in [5.74, 6) is -0.0830. The van der Waals surface area contributed by atoms with Gasteiger partial charge in [-0.3, -0.25) is 14.5 Å². The third kappa shape index (κ3) is 4.44. The number of aliphatic hydroxyl groups is 1. The number of ether oxygens (including phenoxy) is 3. The third-order valence-electron chi connectivity index (χ3n) is 6.05. The molecule has 0 saturated carbocycles. The normalized spacial score (nSPS) is 17.1. The molecule has 0 bridgehead atoms. The predicted molar refractivity (Wildman–Crippen MR) is 140 cm³/mol. The Morgan fingerprint density at radius 2 is 1.64 bits per heavy atom. The maximum Gasteiger partial charge on any atom is 0.300 e. The van der Waals surface area contributed by atoms with Gasteiger partial charge in [0.1, 0.15) is 17.6 Å². The van der Waals surface area contributed by atoms with Gasteiger partial charge in [0.25, 0.3) is 11.7 Å². The van der Waals surface area contributed by atoms with Crippen LogP contribution < -0.4 is 19.1 Å². The molecule has 1 fully saturated rings. The molecule has 1 aromatic heterocycles. The summed E-state index contributed by atoms with van der Waals surface area (Å²) in [5, 5.41) is 13.3. The summed E-state index contributed by atoms with van der Waals surface area (Å²) in [7, 11) is 3.03. The molecule has 2 heterocycles. The Kier molecular flexibility index (Phi) is 7.08. The summed E-state index contributed by atoms with van der Waals surface area (Å²) in [6, 6.07) is 11.4. The van der Waals surface area contributed by atoms with Crippen LogP contribution in [0.5, 0.6) is 17.2 Å². The van der Waals surface area contributed by atoms with E-state index in [9.17, 15) is 14.7 Å². The SMILES string of the molecule is COc1ccc(N2C(=O)C(=O)/C(=C(\O)c3ccc(OC(C)C)c(C)c3)C2c2sccc2C)cc1OC. The van der Waals surface area contributed by atoms with Crippen molar-refractivity contribution in [3.8, 4) is 17.2 Å². The molecule has 1 saturated heterocycles. The van der Waals surface area contributed by atoms with Crippen molar-refractivity contribution in [2.75, 3.05) is 19.1 Å². The summed E-state index contributed by atoms with van der Waals surface area (Å²) in [5.41, 5.74) is 2.67. The van der Waals surface area contributed by atoms with Crippen molar-refractivity contribution in [3.05, 3.63) is 75.0 Å². The number of rotatable bonds is 7. The fraction of sp³-hybridized carbons (Fsp3) is 0.286. The highest BCUT2D eigenvalue weighted by Gasteiger charge is 2.48. The highest BCUT2D eigenvalue weighted by atomic mass is 32.1. The fourth-order valence-corrected chi connectivity index (χ4v) is 5.35. The maximum atomic E-state index is 13.4. The van der Waals surface area contributed by atoms with Crippen molar-refractivity contribution in [1.29, 1.82) is 0 Å². The fourth-order valence-electron chi connectivity index (χ4n) is 4.32. The number of aryl methyl sites for hydroxylation is 2. The van der Waals surface area contributed by atoms with Crippen molar-refractivity contribution >= 4 is 34.5 Å². The molecule has 8 heteroatoms. The topological polar surface area (TPSA) is 85.3 Å². The lowest BCUT2D eigenvalue weighted by Crippen LogP contribution is -2.29. The number of Topliss-reactive ketones (excluding diaryl/α,β-unsaturated/α-hetero) is 1. The van der Waals surface area contributed by atoms with Crippen molar-refractivity contribution in [1.82, 2.24) is 0 Å². The van der Waals surface area contributed by atoms with Gasteiger partial charge in [-0.1, -0.05) is 0 Å². The minimum atomic E-state index is -0.796. The van der Waals surface area contributed by atoms with Gasteiger partial charge in [-0.25, -0.2) is 0 Å². The average Bonchev–Trinajstić information content (AvgIpc) is 3.39. The molecule has 3 aromatic rings. The highest BCUT2D eigenvalue weighted by Crippen LogP contribution is 2.46. The molecule has 4 rings (SSSR count). The molecule has 188 valence electrons. The van der Waals surface area contributed by atoms with E-state index in [4.69, 9.17) is 14.2 Å². The molecule has 0 spiro atoms. The molecular formula is C28H29NO6S. The second-order valence-corrected chi connectivity index (χ2v) is 9.77. The number of carbonyl (C=O) groups is 2. The van der Waals surface area contributed by atoms with Crippen LogP contribution in [0.1, 0.15) is 41.5 Å². The van der Waals surface area contributed by atoms with E-state index >= 15 is 0 Å². The number of benzene rings is 2. The van der Waals surface area contributed by atoms with Crippen LogP contribution in [0.4, 0.5) is 5.69 Å². The molecule has 1 aliphatic heterocycles. The number of hydrogen-bond donors (Lipinski definition) is 1. The second kappa shape index (κ2) is 10.1. The first kappa shape index (κ1) is 25.3. The first-order valence-corrected chi connectivity index (χ1v) is 12.4. The number of methoxy groups -OCH3 is 2. The first-order chi connectivity index (χ1) is 17.2. The third-order valence-corrected chi connectivity index (χ3v) is 7.12. The molecule has 1 unspecified atom stereocenters. The van der Waals surface area contributed by atoms with Crippen LogP contribution in [0.25, 0.3) is 5.76 Å². The lowest BCUT2D eigenvalue weighted by atomic mass is 9.97. The van der Waals surface area contributed by atoms with Crippen LogP contribution in [0.2, 0.25) is 0 Å². The van der Waals surface area contributed by atoms with Gasteiger partial charge in [0.05, 0.1) is 25.9 Å². The van der Waals surface area contributed by atoms with E-state index in [0.29, 0.717) is 28.5 Å². The van der Waals surface area contributed by atoms with E-state index in [2.05, 4.69) is 0 Å². The summed E-state index contributed by atoms with van der Waals surface area (Å²) in [6.45, 7) is 7.67. The number of aliphatic hydroxyl groups excluding tert-OH is 1. The standard InChI is InChI=1S/C28H29NO6S/c1-15(2)35-20-9-7-18(13-17(20)4)25(30)23-24(27-16(3)11-12-36-27)29(28(32)26(23)31)19-8-10-21(33-5)22(14-19)34-6/h7-15,24,30H,1-6H3/b25-23-. The Hall–Kier alpha value is -3.78. The molecule has 36 heavy (non-hydrogen) atoms. The highest BCUT2D eigenvalue weighted by molar-refractivity contribution is 7.10. The molecule has 1 amide bonds. The second-order valence-electron chi connectivity index (χ2n) is 8.82. The van der Waals surface area contributed by atoms with Crippen LogP contribution in [0.15, 0.2) is 53.4 Å². The van der Waals surface area contributed by atoms with Gasteiger partial charge >= 0.3 is 0 Å². The molecule has 0 radical (unpaired) electrons. The number of thiophene rings is 1. The van der Waals surface area contributed by atoms with E-state index in [-0.39, 0.29) is 17.4 Å². The van der Waals surface area contributed by atoms with Gasteiger partial charge in [-0.2, -0.15) is 0 Å². The van der Waals surface area contributed by atoms with Crippen molar-refractivity contribution in [2.45, 2.75) is 39.8 Å². The Morgan fingerprint density at radius 3 is 2.22 bits per heavy atom. The number of ketones is 1. The molecule has 0 aliphatic carbocycles. The zero-order valence-corrected chi connectivity index (χ0v) is 21.9. The van der Waals surface area contributed by atoms with E-state index in [1.54, 1.807) is 36.4 Å². The van der Waals surface area contributed by atoms with E-state index in [0.717, 1.165) is 16.0 Å². The summed E-state index contributed by atoms with van der Waals surface area (Å²) in [6.07, 6.45) is -0.00300. The minimum Gasteiger partial charge on any atom is -0.507 e. The Bertz CT molecular complexity index is 1360. The quantitative estimate of drug-likeness (QED) is 0.247. The van der Waals surface area contributed by atoms with Crippen LogP contribution in [0.3, 0.4) is 0 Å². The Labute approximate surface area is 214 Å². The van der Waals surface area contributed by atoms with Crippen LogP contribution in [0, 0.1) is 13.8 Å². The molecule has 1 atom stereocenters. The zero-order chi connectivity index (χ0) is 26.1. The van der Waals surface area contributed by atoms with Crippen molar-refractivity contribution < 1.29 is 28.9 Å². The first-order valence-electron chi connectivity index (χ1n) is 11.5. The van der Waals surface area contributed by atoms with Gasteiger partial charge in [0, 0.05) is 22.2 Å². The molecular weight excluding hydrogens is 478 g/mol. The predicted octanol–water partition coefficient (Wildman–Crippen LogP) is 5.80. The summed E-state index contributed by atoms with van der Waals surface area (Å²) < 4.78 is 16.6. The molecule has 7 nitrogen and oxygen atoms in total. The number of nitrogens with zero attached hydrogens (tertiary/aromatic N) is 1. The monoisotopic (exact) mass is 507 g/mol. The molecule has 2 aromatic carbocycles. The van der Waals surface area contributed by atoms with E-state index < -0.39 is 17.7 Å². The Morgan fingerprint density at radius 1 is 0.944 bits per heavy atom. The zero-order valence-electron chi connectivity index (χ0n) is 21.1. The number of anilines is 1. The van der Waals surface area contributed by atoms with E-state index in [1.165, 1.54) is 30.5 Å². The van der Waals surface area contributed by atoms with Crippen molar-refractivity contribution in [2.24, 2.45) is 0 Å². The molecule has 1 N–H and O–H groups in total. The van der Waals surface area contributed by atoms with Gasteiger partial charge in [0.15, 0.2) is 11.5 Å². The van der Waals surface area contributed by atoms with Gasteiger partial charge < -0.3 is 19.3 Å². The smallest absolute Gasteiger partial charge is 0.300 e. The lowest BCUT2D eigenvalue weighted by Gasteiger charge is -2.25. The minimum absolute atomic E-state index is 0.00300. The van der Waals surface area contributed by atoms with Gasteiger partial charge in [0.2, 0.25) is 0 Å². The van der Waals surface area contributed by atoms with Crippen molar-refractivity contribution in [3.63, 3.8) is 0 Å². The van der Waals surface area contributed by atoms with Gasteiger partial charge in [-0.05, 0) is 80.6 Å². The molecule has 1 aliphatic rings. The number of carbonyl (C=O) groups excluding carboxylic acids is 2. The largest absolute Gasteiger partial charge is 0.507 e. The van der Waals surface area contributed by atoms with Crippen LogP contribution in [-0.2, 0) is 9.59 Å². The van der Waals surface area contributed by atoms with Gasteiger partial charge in [-0.15, -0.1) is 11.3 Å².